The lowest BCUT2D eigenvalue weighted by Crippen LogP contribution is -2.07. The zero-order chi connectivity index (χ0) is 14.4. The number of hydrogen-bond donors (Lipinski definition) is 3. The third kappa shape index (κ3) is 3.84. The molecule has 0 aromatic heterocycles. The van der Waals surface area contributed by atoms with Crippen LogP contribution in [-0.4, -0.2) is 17.6 Å². The second-order valence-electron chi connectivity index (χ2n) is 4.27. The van der Waals surface area contributed by atoms with Crippen molar-refractivity contribution in [1.29, 1.82) is 0 Å². The van der Waals surface area contributed by atoms with Crippen molar-refractivity contribution in [2.24, 2.45) is 0 Å². The number of carbonyl (C=O) groups excluding carboxylic acids is 1. The van der Waals surface area contributed by atoms with Crippen LogP contribution in [0.1, 0.15) is 11.1 Å². The van der Waals surface area contributed by atoms with Crippen molar-refractivity contribution in [2.75, 3.05) is 10.6 Å². The largest absolute Gasteiger partial charge is 0.465 e. The second-order valence-corrected chi connectivity index (χ2v) is 4.27. The Labute approximate surface area is 116 Å². The molecule has 5 heteroatoms. The lowest BCUT2D eigenvalue weighted by molar-refractivity contribution is -0.105. The fraction of sp³-hybridized carbons (Fsp3) is 0.0667. The van der Waals surface area contributed by atoms with Gasteiger partial charge >= 0.3 is 6.09 Å². The van der Waals surface area contributed by atoms with Crippen LogP contribution >= 0.6 is 0 Å². The zero-order valence-corrected chi connectivity index (χ0v) is 10.7. The molecule has 102 valence electrons. The quantitative estimate of drug-likeness (QED) is 0.731. The summed E-state index contributed by atoms with van der Waals surface area (Å²) in [7, 11) is 0. The third-order valence-corrected chi connectivity index (χ3v) is 2.74. The Morgan fingerprint density at radius 3 is 2.25 bits per heavy atom. The molecular formula is C15H14N2O3. The van der Waals surface area contributed by atoms with Crippen LogP contribution in [0.3, 0.4) is 0 Å². The molecule has 0 aliphatic rings. The molecule has 2 amide bonds. The van der Waals surface area contributed by atoms with Gasteiger partial charge in [-0.25, -0.2) is 4.79 Å². The van der Waals surface area contributed by atoms with E-state index in [1.54, 1.807) is 24.3 Å². The predicted octanol–water partition coefficient (Wildman–Crippen LogP) is 2.94. The summed E-state index contributed by atoms with van der Waals surface area (Å²) >= 11 is 0. The number of amides is 2. The molecule has 20 heavy (non-hydrogen) atoms. The molecule has 0 fully saturated rings. The number of anilines is 2. The highest BCUT2D eigenvalue weighted by atomic mass is 16.4. The van der Waals surface area contributed by atoms with Gasteiger partial charge in [-0.15, -0.1) is 0 Å². The van der Waals surface area contributed by atoms with Crippen LogP contribution in [0.5, 0.6) is 0 Å². The van der Waals surface area contributed by atoms with Crippen molar-refractivity contribution >= 4 is 23.9 Å². The minimum Gasteiger partial charge on any atom is -0.465 e. The molecule has 0 bridgehead atoms. The molecule has 0 radical (unpaired) electrons. The first kappa shape index (κ1) is 13.6. The van der Waals surface area contributed by atoms with Gasteiger partial charge in [0.05, 0.1) is 0 Å². The lowest BCUT2D eigenvalue weighted by atomic mass is 10.0. The maximum Gasteiger partial charge on any atom is 0.409 e. The lowest BCUT2D eigenvalue weighted by Gasteiger charge is -2.07. The van der Waals surface area contributed by atoms with Gasteiger partial charge in [-0.2, -0.15) is 0 Å². The van der Waals surface area contributed by atoms with E-state index in [9.17, 15) is 9.59 Å². The van der Waals surface area contributed by atoms with Crippen molar-refractivity contribution in [2.45, 2.75) is 6.42 Å². The van der Waals surface area contributed by atoms with Gasteiger partial charge in [0.1, 0.15) is 0 Å². The molecule has 0 heterocycles. The number of benzene rings is 2. The summed E-state index contributed by atoms with van der Waals surface area (Å²) in [5.74, 6) is 0. The SMILES string of the molecule is O=CNc1cccc(Cc2cccc(NC(=O)O)c2)c1. The molecule has 3 N–H and O–H groups in total. The van der Waals surface area contributed by atoms with E-state index in [1.807, 2.05) is 24.3 Å². The smallest absolute Gasteiger partial charge is 0.409 e. The Hall–Kier alpha value is -2.82. The average Bonchev–Trinajstić information content (AvgIpc) is 2.39. The standard InChI is InChI=1S/C15H14N2O3/c18-10-16-13-5-1-3-11(8-13)7-12-4-2-6-14(9-12)17-15(19)20/h1-6,8-10,17H,7H2,(H,16,18)(H,19,20). The fourth-order valence-corrected chi connectivity index (χ4v) is 1.96. The van der Waals surface area contributed by atoms with Gasteiger partial charge in [0.2, 0.25) is 6.41 Å². The number of rotatable bonds is 5. The van der Waals surface area contributed by atoms with Gasteiger partial charge in [-0.1, -0.05) is 24.3 Å². The van der Waals surface area contributed by atoms with E-state index >= 15 is 0 Å². The number of nitrogens with one attached hydrogen (secondary N) is 2. The molecule has 0 saturated heterocycles. The molecular weight excluding hydrogens is 256 g/mol. The number of carbonyl (C=O) groups is 2. The summed E-state index contributed by atoms with van der Waals surface area (Å²) in [5, 5.41) is 13.6. The summed E-state index contributed by atoms with van der Waals surface area (Å²) in [4.78, 5) is 21.0. The Bertz CT molecular complexity index is 626. The predicted molar refractivity (Wildman–Crippen MR) is 77.0 cm³/mol. The molecule has 0 unspecified atom stereocenters. The van der Waals surface area contributed by atoms with E-state index in [4.69, 9.17) is 5.11 Å². The van der Waals surface area contributed by atoms with Gasteiger partial charge in [0, 0.05) is 11.4 Å². The first-order valence-corrected chi connectivity index (χ1v) is 6.05. The Morgan fingerprint density at radius 1 is 1.05 bits per heavy atom. The van der Waals surface area contributed by atoms with E-state index in [-0.39, 0.29) is 0 Å². The van der Waals surface area contributed by atoms with Crippen molar-refractivity contribution in [3.8, 4) is 0 Å². The third-order valence-electron chi connectivity index (χ3n) is 2.74. The summed E-state index contributed by atoms with van der Waals surface area (Å²) in [6.45, 7) is 0. The van der Waals surface area contributed by atoms with Crippen LogP contribution in [0, 0.1) is 0 Å². The minimum atomic E-state index is -1.08. The monoisotopic (exact) mass is 270 g/mol. The van der Waals surface area contributed by atoms with Crippen molar-refractivity contribution in [3.05, 3.63) is 59.7 Å². The summed E-state index contributed by atoms with van der Waals surface area (Å²) in [6.07, 6.45) is 0.208. The summed E-state index contributed by atoms with van der Waals surface area (Å²) < 4.78 is 0. The number of carboxylic acid groups (broad SMARTS) is 1. The topological polar surface area (TPSA) is 78.4 Å². The van der Waals surface area contributed by atoms with Crippen LogP contribution in [0.15, 0.2) is 48.5 Å². The Kier molecular flexibility index (Phi) is 4.34. The van der Waals surface area contributed by atoms with E-state index in [2.05, 4.69) is 10.6 Å². The average molecular weight is 270 g/mol. The van der Waals surface area contributed by atoms with Crippen LogP contribution in [0.4, 0.5) is 16.2 Å². The molecule has 2 aromatic carbocycles. The minimum absolute atomic E-state index is 0.539. The van der Waals surface area contributed by atoms with Crippen molar-refractivity contribution in [3.63, 3.8) is 0 Å². The van der Waals surface area contributed by atoms with E-state index < -0.39 is 6.09 Å². The summed E-state index contributed by atoms with van der Waals surface area (Å²) in [6, 6.07) is 14.7. The Morgan fingerprint density at radius 2 is 1.65 bits per heavy atom. The van der Waals surface area contributed by atoms with E-state index in [0.29, 0.717) is 18.5 Å². The van der Waals surface area contributed by atoms with Crippen LogP contribution in [0.2, 0.25) is 0 Å². The zero-order valence-electron chi connectivity index (χ0n) is 10.7. The summed E-state index contributed by atoms with van der Waals surface area (Å²) in [5.41, 5.74) is 3.29. The first-order chi connectivity index (χ1) is 9.67. The van der Waals surface area contributed by atoms with Crippen LogP contribution < -0.4 is 10.6 Å². The molecule has 2 rings (SSSR count). The fourth-order valence-electron chi connectivity index (χ4n) is 1.96. The van der Waals surface area contributed by atoms with Crippen LogP contribution in [0.25, 0.3) is 0 Å². The van der Waals surface area contributed by atoms with E-state index in [1.165, 1.54) is 0 Å². The van der Waals surface area contributed by atoms with Gasteiger partial charge < -0.3 is 10.4 Å². The number of hydrogen-bond acceptors (Lipinski definition) is 2. The maximum absolute atomic E-state index is 10.6. The maximum atomic E-state index is 10.6. The van der Waals surface area contributed by atoms with Crippen molar-refractivity contribution < 1.29 is 14.7 Å². The molecule has 5 nitrogen and oxygen atoms in total. The normalized spacial score (nSPS) is 9.80. The van der Waals surface area contributed by atoms with E-state index in [0.717, 1.165) is 16.8 Å². The highest BCUT2D eigenvalue weighted by molar-refractivity contribution is 5.82. The highest BCUT2D eigenvalue weighted by Crippen LogP contribution is 2.17. The van der Waals surface area contributed by atoms with Gasteiger partial charge in [-0.05, 0) is 41.8 Å². The van der Waals surface area contributed by atoms with Gasteiger partial charge in [0.25, 0.3) is 0 Å². The molecule has 0 atom stereocenters. The van der Waals surface area contributed by atoms with Crippen LogP contribution in [-0.2, 0) is 11.2 Å². The molecule has 0 aliphatic heterocycles. The van der Waals surface area contributed by atoms with Crippen molar-refractivity contribution in [1.82, 2.24) is 0 Å². The molecule has 0 saturated carbocycles. The van der Waals surface area contributed by atoms with Gasteiger partial charge in [-0.3, -0.25) is 10.1 Å². The molecule has 0 aliphatic carbocycles. The first-order valence-electron chi connectivity index (χ1n) is 6.05. The van der Waals surface area contributed by atoms with Gasteiger partial charge in [0.15, 0.2) is 0 Å². The molecule has 0 spiro atoms. The second kappa shape index (κ2) is 6.38. The Balaban J connectivity index is 2.14. The molecule has 2 aromatic rings. The highest BCUT2D eigenvalue weighted by Gasteiger charge is 2.01.